The summed E-state index contributed by atoms with van der Waals surface area (Å²) in [5.41, 5.74) is -0.130. The van der Waals surface area contributed by atoms with E-state index >= 15 is 0 Å². The summed E-state index contributed by atoms with van der Waals surface area (Å²) < 4.78 is 1.64. The third-order valence-corrected chi connectivity index (χ3v) is 4.22. The lowest BCUT2D eigenvalue weighted by Gasteiger charge is -2.12. The Hall–Kier alpha value is -1.08. The van der Waals surface area contributed by atoms with Gasteiger partial charge in [0, 0.05) is 15.5 Å². The standard InChI is InChI=1S/C12H12Br2N2O3/c13-7-1-2-9(8(14)5-7)16-11(19)15-6-12(3-4-12)10(17)18/h1-2,5H,3-4,6H2,(H,17,18)(H2,15,16,19). The van der Waals surface area contributed by atoms with Crippen LogP contribution in [0.3, 0.4) is 0 Å². The third kappa shape index (κ3) is 3.48. The summed E-state index contributed by atoms with van der Waals surface area (Å²) in [6.07, 6.45) is 1.23. The van der Waals surface area contributed by atoms with Gasteiger partial charge in [0.05, 0.1) is 11.1 Å². The number of benzene rings is 1. The molecule has 2 amide bonds. The largest absolute Gasteiger partial charge is 0.481 e. The lowest BCUT2D eigenvalue weighted by atomic mass is 10.1. The number of carboxylic acids is 1. The fourth-order valence-electron chi connectivity index (χ4n) is 1.62. The molecule has 1 fully saturated rings. The van der Waals surface area contributed by atoms with Crippen LogP contribution in [0, 0.1) is 5.41 Å². The number of carboxylic acid groups (broad SMARTS) is 1. The van der Waals surface area contributed by atoms with Crippen molar-refractivity contribution in [1.29, 1.82) is 0 Å². The zero-order valence-electron chi connectivity index (χ0n) is 9.87. The summed E-state index contributed by atoms with van der Waals surface area (Å²) in [6, 6.07) is 4.96. The van der Waals surface area contributed by atoms with E-state index in [1.165, 1.54) is 0 Å². The van der Waals surface area contributed by atoms with Crippen LogP contribution in [0.25, 0.3) is 0 Å². The van der Waals surface area contributed by atoms with Crippen molar-refractivity contribution >= 4 is 49.5 Å². The van der Waals surface area contributed by atoms with Crippen LogP contribution in [0.1, 0.15) is 12.8 Å². The number of nitrogens with one attached hydrogen (secondary N) is 2. The van der Waals surface area contributed by atoms with Gasteiger partial charge in [-0.05, 0) is 47.0 Å². The number of carbonyl (C=O) groups is 2. The van der Waals surface area contributed by atoms with Gasteiger partial charge in [0.2, 0.25) is 0 Å². The van der Waals surface area contributed by atoms with Crippen molar-refractivity contribution < 1.29 is 14.7 Å². The minimum atomic E-state index is -0.849. The highest BCUT2D eigenvalue weighted by Gasteiger charge is 2.50. The first-order chi connectivity index (χ1) is 8.93. The second kappa shape index (κ2) is 5.50. The predicted molar refractivity (Wildman–Crippen MR) is 78.2 cm³/mol. The summed E-state index contributed by atoms with van der Waals surface area (Å²) in [4.78, 5) is 22.7. The molecule has 0 saturated heterocycles. The minimum absolute atomic E-state index is 0.155. The first-order valence-corrected chi connectivity index (χ1v) is 7.25. The first-order valence-electron chi connectivity index (χ1n) is 5.66. The highest BCUT2D eigenvalue weighted by atomic mass is 79.9. The zero-order chi connectivity index (χ0) is 14.0. The van der Waals surface area contributed by atoms with E-state index in [-0.39, 0.29) is 6.54 Å². The minimum Gasteiger partial charge on any atom is -0.481 e. The molecule has 0 heterocycles. The Balaban J connectivity index is 1.89. The Kier molecular flexibility index (Phi) is 4.15. The molecule has 0 spiro atoms. The summed E-state index contributed by atoms with van der Waals surface area (Å²) in [6.45, 7) is 0.155. The van der Waals surface area contributed by atoms with Gasteiger partial charge in [-0.25, -0.2) is 4.79 Å². The van der Waals surface area contributed by atoms with Gasteiger partial charge < -0.3 is 15.7 Å². The van der Waals surface area contributed by atoms with Crippen molar-refractivity contribution in [2.75, 3.05) is 11.9 Å². The van der Waals surface area contributed by atoms with Gasteiger partial charge >= 0.3 is 12.0 Å². The molecule has 0 aromatic heterocycles. The molecule has 3 N–H and O–H groups in total. The molecule has 0 bridgehead atoms. The van der Waals surface area contributed by atoms with E-state index in [9.17, 15) is 9.59 Å². The number of rotatable bonds is 4. The van der Waals surface area contributed by atoms with Gasteiger partial charge in [-0.2, -0.15) is 0 Å². The van der Waals surface area contributed by atoms with Crippen molar-refractivity contribution in [3.8, 4) is 0 Å². The lowest BCUT2D eigenvalue weighted by molar-refractivity contribution is -0.143. The van der Waals surface area contributed by atoms with Crippen LogP contribution in [-0.2, 0) is 4.79 Å². The zero-order valence-corrected chi connectivity index (χ0v) is 13.0. The van der Waals surface area contributed by atoms with E-state index in [0.717, 1.165) is 8.95 Å². The van der Waals surface area contributed by atoms with Crippen LogP contribution in [0.15, 0.2) is 27.1 Å². The third-order valence-electron chi connectivity index (χ3n) is 3.07. The number of aliphatic carboxylic acids is 1. The molecule has 5 nitrogen and oxygen atoms in total. The Morgan fingerprint density at radius 3 is 2.53 bits per heavy atom. The van der Waals surface area contributed by atoms with Gasteiger partial charge in [0.25, 0.3) is 0 Å². The van der Waals surface area contributed by atoms with Gasteiger partial charge in [-0.1, -0.05) is 15.9 Å². The number of hydrogen-bond acceptors (Lipinski definition) is 2. The van der Waals surface area contributed by atoms with Crippen LogP contribution in [0.5, 0.6) is 0 Å². The average molecular weight is 392 g/mol. The topological polar surface area (TPSA) is 78.4 Å². The van der Waals surface area contributed by atoms with Crippen molar-refractivity contribution in [3.63, 3.8) is 0 Å². The highest BCUT2D eigenvalue weighted by molar-refractivity contribution is 9.11. The van der Waals surface area contributed by atoms with Gasteiger partial charge in [-0.15, -0.1) is 0 Å². The summed E-state index contributed by atoms with van der Waals surface area (Å²) >= 11 is 6.66. The molecular weight excluding hydrogens is 380 g/mol. The Bertz CT molecular complexity index is 530. The second-order valence-electron chi connectivity index (χ2n) is 4.52. The summed E-state index contributed by atoms with van der Waals surface area (Å²) in [5, 5.41) is 14.3. The molecule has 0 aliphatic heterocycles. The number of amides is 2. The molecule has 0 radical (unpaired) electrons. The van der Waals surface area contributed by atoms with Crippen LogP contribution in [0.2, 0.25) is 0 Å². The monoisotopic (exact) mass is 390 g/mol. The number of carbonyl (C=O) groups excluding carboxylic acids is 1. The number of halogens is 2. The molecular formula is C12H12Br2N2O3. The van der Waals surface area contributed by atoms with Gasteiger partial charge in [0.1, 0.15) is 0 Å². The smallest absolute Gasteiger partial charge is 0.319 e. The Labute approximate surface area is 127 Å². The van der Waals surface area contributed by atoms with Crippen LogP contribution in [-0.4, -0.2) is 23.7 Å². The molecule has 2 rings (SSSR count). The molecule has 102 valence electrons. The molecule has 0 unspecified atom stereocenters. The molecule has 7 heteroatoms. The van der Waals surface area contributed by atoms with Crippen molar-refractivity contribution in [1.82, 2.24) is 5.32 Å². The van der Waals surface area contributed by atoms with E-state index < -0.39 is 17.4 Å². The number of anilines is 1. The summed E-state index contributed by atoms with van der Waals surface area (Å²) in [5.74, 6) is -0.849. The molecule has 19 heavy (non-hydrogen) atoms. The van der Waals surface area contributed by atoms with E-state index in [2.05, 4.69) is 42.5 Å². The van der Waals surface area contributed by atoms with E-state index in [0.29, 0.717) is 18.5 Å². The first kappa shape index (κ1) is 14.3. The molecule has 1 aromatic carbocycles. The fourth-order valence-corrected chi connectivity index (χ4v) is 2.77. The average Bonchev–Trinajstić information content (AvgIpc) is 3.11. The predicted octanol–water partition coefficient (Wildman–Crippen LogP) is 3.20. The molecule has 1 saturated carbocycles. The summed E-state index contributed by atoms with van der Waals surface area (Å²) in [7, 11) is 0. The quantitative estimate of drug-likeness (QED) is 0.737. The Morgan fingerprint density at radius 1 is 1.32 bits per heavy atom. The van der Waals surface area contributed by atoms with Gasteiger partial charge in [0.15, 0.2) is 0 Å². The normalized spacial score (nSPS) is 15.7. The van der Waals surface area contributed by atoms with Gasteiger partial charge in [-0.3, -0.25) is 4.79 Å². The van der Waals surface area contributed by atoms with Crippen molar-refractivity contribution in [2.24, 2.45) is 5.41 Å². The lowest BCUT2D eigenvalue weighted by Crippen LogP contribution is -2.36. The Morgan fingerprint density at radius 2 is 2.00 bits per heavy atom. The van der Waals surface area contributed by atoms with Crippen LogP contribution >= 0.6 is 31.9 Å². The maximum Gasteiger partial charge on any atom is 0.319 e. The van der Waals surface area contributed by atoms with Crippen LogP contribution in [0.4, 0.5) is 10.5 Å². The molecule has 0 atom stereocenters. The molecule has 1 aromatic rings. The van der Waals surface area contributed by atoms with Crippen molar-refractivity contribution in [2.45, 2.75) is 12.8 Å². The SMILES string of the molecule is O=C(NCC1(C(=O)O)CC1)Nc1ccc(Br)cc1Br. The van der Waals surface area contributed by atoms with E-state index in [4.69, 9.17) is 5.11 Å². The number of hydrogen-bond donors (Lipinski definition) is 3. The van der Waals surface area contributed by atoms with Crippen LogP contribution < -0.4 is 10.6 Å². The molecule has 1 aliphatic carbocycles. The maximum absolute atomic E-state index is 11.7. The number of urea groups is 1. The van der Waals surface area contributed by atoms with E-state index in [1.54, 1.807) is 12.1 Å². The fraction of sp³-hybridized carbons (Fsp3) is 0.333. The highest BCUT2D eigenvalue weighted by Crippen LogP contribution is 2.45. The molecule has 1 aliphatic rings. The van der Waals surface area contributed by atoms with Crippen molar-refractivity contribution in [3.05, 3.63) is 27.1 Å². The second-order valence-corrected chi connectivity index (χ2v) is 6.29. The van der Waals surface area contributed by atoms with E-state index in [1.807, 2.05) is 6.07 Å². The maximum atomic E-state index is 11.7.